The SMILES string of the molecule is COc1ccccc1NC(N)=NCC(C)Cc1ccc(OC)c(OC)c1. The maximum atomic E-state index is 6.00. The third-order valence-electron chi connectivity index (χ3n) is 3.98. The van der Waals surface area contributed by atoms with E-state index in [-0.39, 0.29) is 0 Å². The molecule has 0 aliphatic heterocycles. The number of benzene rings is 2. The van der Waals surface area contributed by atoms with E-state index in [0.717, 1.165) is 29.4 Å². The van der Waals surface area contributed by atoms with Crippen LogP contribution in [0, 0.1) is 5.92 Å². The first-order valence-electron chi connectivity index (χ1n) is 8.48. The number of anilines is 1. The van der Waals surface area contributed by atoms with Crippen LogP contribution < -0.4 is 25.3 Å². The molecule has 6 nitrogen and oxygen atoms in total. The van der Waals surface area contributed by atoms with Crippen molar-refractivity contribution in [1.29, 1.82) is 0 Å². The van der Waals surface area contributed by atoms with Crippen molar-refractivity contribution in [2.75, 3.05) is 33.2 Å². The smallest absolute Gasteiger partial charge is 0.193 e. The van der Waals surface area contributed by atoms with Gasteiger partial charge in [-0.2, -0.15) is 0 Å². The highest BCUT2D eigenvalue weighted by molar-refractivity contribution is 5.93. The third kappa shape index (κ3) is 5.31. The first-order valence-corrected chi connectivity index (χ1v) is 8.48. The zero-order valence-electron chi connectivity index (χ0n) is 15.8. The Balaban J connectivity index is 1.95. The van der Waals surface area contributed by atoms with Crippen LogP contribution >= 0.6 is 0 Å². The second-order valence-electron chi connectivity index (χ2n) is 6.05. The van der Waals surface area contributed by atoms with Crippen LogP contribution in [0.3, 0.4) is 0 Å². The highest BCUT2D eigenvalue weighted by atomic mass is 16.5. The average Bonchev–Trinajstić information content (AvgIpc) is 2.66. The molecule has 0 amide bonds. The summed E-state index contributed by atoms with van der Waals surface area (Å²) in [5.41, 5.74) is 7.96. The van der Waals surface area contributed by atoms with Gasteiger partial charge in [-0.05, 0) is 42.2 Å². The van der Waals surface area contributed by atoms with Crippen molar-refractivity contribution in [3.05, 3.63) is 48.0 Å². The van der Waals surface area contributed by atoms with Gasteiger partial charge in [0.05, 0.1) is 27.0 Å². The molecule has 0 aliphatic carbocycles. The van der Waals surface area contributed by atoms with Crippen molar-refractivity contribution in [3.8, 4) is 17.2 Å². The summed E-state index contributed by atoms with van der Waals surface area (Å²) in [6, 6.07) is 13.5. The second kappa shape index (κ2) is 9.56. The van der Waals surface area contributed by atoms with E-state index in [4.69, 9.17) is 19.9 Å². The van der Waals surface area contributed by atoms with Crippen molar-refractivity contribution in [2.24, 2.45) is 16.6 Å². The first-order chi connectivity index (χ1) is 12.6. The van der Waals surface area contributed by atoms with Gasteiger partial charge in [-0.25, -0.2) is 0 Å². The Kier molecular flexibility index (Phi) is 7.14. The molecule has 0 spiro atoms. The normalized spacial score (nSPS) is 12.4. The molecule has 2 aromatic carbocycles. The molecular weight excluding hydrogens is 330 g/mol. The standard InChI is InChI=1S/C20H27N3O3/c1-14(11-15-9-10-18(25-3)19(12-15)26-4)13-22-20(21)23-16-7-5-6-8-17(16)24-2/h5-10,12,14H,11,13H2,1-4H3,(H3,21,22,23). The molecule has 0 bridgehead atoms. The van der Waals surface area contributed by atoms with Crippen LogP contribution in [0.25, 0.3) is 0 Å². The quantitative estimate of drug-likeness (QED) is 0.560. The summed E-state index contributed by atoms with van der Waals surface area (Å²) in [5, 5.41) is 3.08. The molecular formula is C20H27N3O3. The molecule has 1 atom stereocenters. The van der Waals surface area contributed by atoms with Crippen molar-refractivity contribution in [2.45, 2.75) is 13.3 Å². The molecule has 0 saturated heterocycles. The van der Waals surface area contributed by atoms with Gasteiger partial charge >= 0.3 is 0 Å². The molecule has 0 fully saturated rings. The van der Waals surface area contributed by atoms with Gasteiger partial charge in [0.25, 0.3) is 0 Å². The van der Waals surface area contributed by atoms with Gasteiger partial charge in [-0.15, -0.1) is 0 Å². The van der Waals surface area contributed by atoms with Gasteiger partial charge < -0.3 is 25.3 Å². The Morgan fingerprint density at radius 2 is 1.69 bits per heavy atom. The van der Waals surface area contributed by atoms with E-state index >= 15 is 0 Å². The van der Waals surface area contributed by atoms with E-state index in [1.54, 1.807) is 21.3 Å². The number of guanidine groups is 1. The fraction of sp³-hybridized carbons (Fsp3) is 0.350. The summed E-state index contributed by atoms with van der Waals surface area (Å²) in [6.45, 7) is 2.75. The minimum atomic E-state index is 0.325. The van der Waals surface area contributed by atoms with Crippen LogP contribution in [0.15, 0.2) is 47.5 Å². The molecule has 2 rings (SSSR count). The van der Waals surface area contributed by atoms with E-state index in [1.165, 1.54) is 5.56 Å². The molecule has 0 aliphatic rings. The van der Waals surface area contributed by atoms with Crippen LogP contribution in [0.5, 0.6) is 17.2 Å². The molecule has 0 radical (unpaired) electrons. The maximum Gasteiger partial charge on any atom is 0.193 e. The van der Waals surface area contributed by atoms with Crippen molar-refractivity contribution in [1.82, 2.24) is 0 Å². The molecule has 0 saturated carbocycles. The number of ether oxygens (including phenoxy) is 3. The zero-order chi connectivity index (χ0) is 18.9. The predicted octanol–water partition coefficient (Wildman–Crippen LogP) is 3.32. The zero-order valence-corrected chi connectivity index (χ0v) is 15.8. The van der Waals surface area contributed by atoms with Gasteiger partial charge in [-0.1, -0.05) is 25.1 Å². The van der Waals surface area contributed by atoms with Gasteiger partial charge in [0.1, 0.15) is 5.75 Å². The van der Waals surface area contributed by atoms with Crippen LogP contribution in [0.1, 0.15) is 12.5 Å². The van der Waals surface area contributed by atoms with Gasteiger partial charge in [0, 0.05) is 6.54 Å². The third-order valence-corrected chi connectivity index (χ3v) is 3.98. The minimum absolute atomic E-state index is 0.325. The Hall–Kier alpha value is -2.89. The minimum Gasteiger partial charge on any atom is -0.495 e. The fourth-order valence-electron chi connectivity index (χ4n) is 2.65. The lowest BCUT2D eigenvalue weighted by molar-refractivity contribution is 0.354. The number of para-hydroxylation sites is 2. The highest BCUT2D eigenvalue weighted by Crippen LogP contribution is 2.28. The lowest BCUT2D eigenvalue weighted by Crippen LogP contribution is -2.24. The van der Waals surface area contributed by atoms with E-state index in [0.29, 0.717) is 18.4 Å². The number of nitrogens with two attached hydrogens (primary N) is 1. The molecule has 26 heavy (non-hydrogen) atoms. The summed E-state index contributed by atoms with van der Waals surface area (Å²) >= 11 is 0. The summed E-state index contributed by atoms with van der Waals surface area (Å²) in [7, 11) is 4.89. The van der Waals surface area contributed by atoms with Gasteiger partial charge in [-0.3, -0.25) is 4.99 Å². The molecule has 1 unspecified atom stereocenters. The fourth-order valence-corrected chi connectivity index (χ4v) is 2.65. The number of methoxy groups -OCH3 is 3. The monoisotopic (exact) mass is 357 g/mol. The number of hydrogen-bond acceptors (Lipinski definition) is 4. The van der Waals surface area contributed by atoms with Crippen molar-refractivity contribution in [3.63, 3.8) is 0 Å². The number of rotatable bonds is 8. The van der Waals surface area contributed by atoms with Gasteiger partial charge in [0.2, 0.25) is 0 Å². The second-order valence-corrected chi connectivity index (χ2v) is 6.05. The summed E-state index contributed by atoms with van der Waals surface area (Å²) in [4.78, 5) is 4.44. The van der Waals surface area contributed by atoms with E-state index in [1.807, 2.05) is 42.5 Å². The van der Waals surface area contributed by atoms with Crippen LogP contribution in [-0.4, -0.2) is 33.8 Å². The molecule has 0 aromatic heterocycles. The Labute approximate surface area is 155 Å². The summed E-state index contributed by atoms with van der Waals surface area (Å²) < 4.78 is 15.9. The van der Waals surface area contributed by atoms with Crippen molar-refractivity contribution < 1.29 is 14.2 Å². The number of nitrogens with zero attached hydrogens (tertiary/aromatic N) is 1. The van der Waals surface area contributed by atoms with Crippen LogP contribution in [0.4, 0.5) is 5.69 Å². The Morgan fingerprint density at radius 3 is 2.38 bits per heavy atom. The maximum absolute atomic E-state index is 6.00. The summed E-state index contributed by atoms with van der Waals surface area (Å²) in [6.07, 6.45) is 0.867. The van der Waals surface area contributed by atoms with Crippen molar-refractivity contribution >= 4 is 11.6 Å². The molecule has 6 heteroatoms. The summed E-state index contributed by atoms with van der Waals surface area (Å²) in [5.74, 6) is 2.88. The molecule has 0 heterocycles. The average molecular weight is 357 g/mol. The molecule has 2 aromatic rings. The van der Waals surface area contributed by atoms with Crippen LogP contribution in [0.2, 0.25) is 0 Å². The largest absolute Gasteiger partial charge is 0.495 e. The predicted molar refractivity (Wildman–Crippen MR) is 106 cm³/mol. The van der Waals surface area contributed by atoms with E-state index in [2.05, 4.69) is 17.2 Å². The highest BCUT2D eigenvalue weighted by Gasteiger charge is 2.09. The molecule has 3 N–H and O–H groups in total. The molecule has 140 valence electrons. The Morgan fingerprint density at radius 1 is 1.00 bits per heavy atom. The lowest BCUT2D eigenvalue weighted by Gasteiger charge is -2.13. The van der Waals surface area contributed by atoms with Gasteiger partial charge in [0.15, 0.2) is 17.5 Å². The number of aliphatic imine (C=N–C) groups is 1. The number of hydrogen-bond donors (Lipinski definition) is 2. The van der Waals surface area contributed by atoms with E-state index < -0.39 is 0 Å². The van der Waals surface area contributed by atoms with Crippen LogP contribution in [-0.2, 0) is 6.42 Å². The number of nitrogens with one attached hydrogen (secondary N) is 1. The first kappa shape index (κ1) is 19.4. The lowest BCUT2D eigenvalue weighted by atomic mass is 10.0. The topological polar surface area (TPSA) is 78.1 Å². The Bertz CT molecular complexity index is 747. The van der Waals surface area contributed by atoms with E-state index in [9.17, 15) is 0 Å².